The highest BCUT2D eigenvalue weighted by Gasteiger charge is 2.71. The molecule has 0 radical (unpaired) electrons. The van der Waals surface area contributed by atoms with E-state index >= 15 is 0 Å². The Morgan fingerprint density at radius 2 is 1.42 bits per heavy atom. The van der Waals surface area contributed by atoms with Gasteiger partial charge in [0.15, 0.2) is 0 Å². The summed E-state index contributed by atoms with van der Waals surface area (Å²) in [4.78, 5) is 28.6. The van der Waals surface area contributed by atoms with Crippen molar-refractivity contribution < 1.29 is 54.4 Å². The Morgan fingerprint density at radius 1 is 0.884 bits per heavy atom. The van der Waals surface area contributed by atoms with E-state index in [1.165, 1.54) is 30.3 Å². The van der Waals surface area contributed by atoms with E-state index in [2.05, 4.69) is 0 Å². The van der Waals surface area contributed by atoms with Crippen LogP contribution in [0.4, 0.5) is 35.5 Å². The molecule has 15 heteroatoms. The van der Waals surface area contributed by atoms with Crippen LogP contribution >= 0.6 is 0 Å². The molecule has 2 heterocycles. The number of halogens is 7. The number of likely N-dealkylation sites (tertiary alicyclic amines) is 2. The summed E-state index contributed by atoms with van der Waals surface area (Å²) in [5.74, 6) is -0.669. The minimum Gasteiger partial charge on any atom is -0.466 e. The predicted molar refractivity (Wildman–Crippen MR) is 142 cm³/mol. The molecule has 2 amide bonds. The lowest BCUT2D eigenvalue weighted by Crippen LogP contribution is -2.53. The van der Waals surface area contributed by atoms with Crippen LogP contribution in [-0.2, 0) is 25.9 Å². The Bertz CT molecular complexity index is 1240. The first-order chi connectivity index (χ1) is 20.1. The molecule has 2 atom stereocenters. The maximum Gasteiger partial charge on any atom is 0.430 e. The number of benzene rings is 2. The first kappa shape index (κ1) is 34.3. The lowest BCUT2D eigenvalue weighted by atomic mass is 9.92. The maximum absolute atomic E-state index is 13.0. The lowest BCUT2D eigenvalue weighted by Gasteiger charge is -2.33. The number of hydrogen-bond acceptors (Lipinski definition) is 5. The minimum atomic E-state index is -5.83. The number of carbonyl (C=O) groups excluding carboxylic acids is 2. The zero-order valence-electron chi connectivity index (χ0n) is 23.0. The number of alkyl halides is 6. The fourth-order valence-corrected chi connectivity index (χ4v) is 6.20. The molecule has 4 rings (SSSR count). The van der Waals surface area contributed by atoms with E-state index < -0.39 is 34.3 Å². The molecule has 0 aliphatic carbocycles. The van der Waals surface area contributed by atoms with Crippen LogP contribution in [0.25, 0.3) is 0 Å². The topological polar surface area (TPSA) is 87.2 Å². The van der Waals surface area contributed by atoms with E-state index in [0.717, 1.165) is 12.1 Å². The zero-order valence-corrected chi connectivity index (χ0v) is 23.9. The first-order valence-electron chi connectivity index (χ1n) is 13.4. The SMILES string of the molecule is CCOC(=O)C1CCN(C(=O)N2CC[C@H](S(=O)c3ccc(F)cc3)C2)CC1.OC(c1ccccc1)(C(F)(F)F)C(F)(F)F. The molecule has 2 aromatic carbocycles. The third kappa shape index (κ3) is 8.05. The van der Waals surface area contributed by atoms with Crippen molar-refractivity contribution in [1.29, 1.82) is 0 Å². The Labute approximate surface area is 246 Å². The molecule has 0 spiro atoms. The van der Waals surface area contributed by atoms with Gasteiger partial charge in [0.1, 0.15) is 5.82 Å². The molecular formula is C28H31F7N2O5S. The number of urea groups is 1. The van der Waals surface area contributed by atoms with Crippen LogP contribution in [-0.4, -0.2) is 81.5 Å². The molecule has 7 nitrogen and oxygen atoms in total. The largest absolute Gasteiger partial charge is 0.466 e. The monoisotopic (exact) mass is 640 g/mol. The molecule has 0 saturated carbocycles. The highest BCUT2D eigenvalue weighted by molar-refractivity contribution is 7.85. The Balaban J connectivity index is 0.000000271. The summed E-state index contributed by atoms with van der Waals surface area (Å²) in [5, 5.41) is 8.76. The Morgan fingerprint density at radius 3 is 1.93 bits per heavy atom. The van der Waals surface area contributed by atoms with Gasteiger partial charge in [-0.15, -0.1) is 0 Å². The molecule has 2 aliphatic rings. The van der Waals surface area contributed by atoms with E-state index in [1.54, 1.807) is 16.7 Å². The summed E-state index contributed by atoms with van der Waals surface area (Å²) in [6.07, 6.45) is -9.76. The lowest BCUT2D eigenvalue weighted by molar-refractivity contribution is -0.376. The van der Waals surface area contributed by atoms with Crippen LogP contribution in [0, 0.1) is 11.7 Å². The highest BCUT2D eigenvalue weighted by atomic mass is 32.2. The first-order valence-corrected chi connectivity index (χ1v) is 14.6. The second-order valence-corrected chi connectivity index (χ2v) is 11.7. The predicted octanol–water partition coefficient (Wildman–Crippen LogP) is 5.40. The average molecular weight is 641 g/mol. The summed E-state index contributed by atoms with van der Waals surface area (Å²) in [5.41, 5.74) is -6.09. The Kier molecular flexibility index (Phi) is 11.2. The summed E-state index contributed by atoms with van der Waals surface area (Å²) in [7, 11) is -1.26. The number of carbonyl (C=O) groups is 2. The molecule has 1 N–H and O–H groups in total. The molecule has 0 bridgehead atoms. The number of rotatable bonds is 5. The van der Waals surface area contributed by atoms with Crippen molar-refractivity contribution in [3.05, 3.63) is 66.0 Å². The number of nitrogens with zero attached hydrogens (tertiary/aromatic N) is 2. The molecule has 1 unspecified atom stereocenters. The van der Waals surface area contributed by atoms with E-state index in [0.29, 0.717) is 69.1 Å². The van der Waals surface area contributed by atoms with Gasteiger partial charge in [-0.25, -0.2) is 9.18 Å². The quantitative estimate of drug-likeness (QED) is 0.350. The zero-order chi connectivity index (χ0) is 32.0. The van der Waals surface area contributed by atoms with Gasteiger partial charge in [0.25, 0.3) is 5.60 Å². The average Bonchev–Trinajstić information content (AvgIpc) is 3.47. The van der Waals surface area contributed by atoms with Crippen LogP contribution in [0.15, 0.2) is 59.5 Å². The molecular weight excluding hydrogens is 609 g/mol. The van der Waals surface area contributed by atoms with Gasteiger partial charge in [-0.2, -0.15) is 26.3 Å². The number of hydrogen-bond donors (Lipinski definition) is 1. The van der Waals surface area contributed by atoms with Gasteiger partial charge in [0, 0.05) is 36.6 Å². The fourth-order valence-electron chi connectivity index (χ4n) is 4.77. The summed E-state index contributed by atoms with van der Waals surface area (Å²) >= 11 is 0. The Hall–Kier alpha value is -3.20. The van der Waals surface area contributed by atoms with E-state index in [9.17, 15) is 44.5 Å². The van der Waals surface area contributed by atoms with Crippen LogP contribution in [0.2, 0.25) is 0 Å². The molecule has 238 valence electrons. The normalized spacial score (nSPS) is 19.0. The van der Waals surface area contributed by atoms with Gasteiger partial charge in [-0.1, -0.05) is 30.3 Å². The van der Waals surface area contributed by atoms with Gasteiger partial charge in [0.05, 0.1) is 28.6 Å². The molecule has 43 heavy (non-hydrogen) atoms. The van der Waals surface area contributed by atoms with E-state index in [4.69, 9.17) is 9.84 Å². The number of aliphatic hydroxyl groups is 1. The van der Waals surface area contributed by atoms with Crippen molar-refractivity contribution in [2.45, 2.75) is 54.3 Å². The van der Waals surface area contributed by atoms with Crippen molar-refractivity contribution in [2.24, 2.45) is 5.92 Å². The number of piperidine rings is 1. The van der Waals surface area contributed by atoms with Crippen molar-refractivity contribution in [3.63, 3.8) is 0 Å². The van der Waals surface area contributed by atoms with Crippen molar-refractivity contribution >= 4 is 22.8 Å². The van der Waals surface area contributed by atoms with Gasteiger partial charge in [0.2, 0.25) is 0 Å². The molecule has 2 fully saturated rings. The summed E-state index contributed by atoms with van der Waals surface area (Å²) < 4.78 is 105. The van der Waals surface area contributed by atoms with Crippen molar-refractivity contribution in [1.82, 2.24) is 9.80 Å². The summed E-state index contributed by atoms with van der Waals surface area (Å²) in [6.45, 7) is 4.22. The number of esters is 1. The van der Waals surface area contributed by atoms with Crippen LogP contribution in [0.3, 0.4) is 0 Å². The standard InChI is InChI=1S/C19H25FN2O4S.C9H6F6O/c1-2-26-18(23)14-7-10-21(11-8-14)19(24)22-12-9-17(13-22)27(25)16-5-3-15(20)4-6-16;10-8(11,12)7(16,9(13,14)15)6-4-2-1-3-5-6/h3-6,14,17H,2,7-13H2,1H3;1-5,16H/t17-,27?;/m0./s1. The van der Waals surface area contributed by atoms with E-state index in [1.807, 2.05) is 0 Å². The van der Waals surface area contributed by atoms with Gasteiger partial charge >= 0.3 is 24.4 Å². The number of amides is 2. The third-order valence-electron chi connectivity index (χ3n) is 7.16. The molecule has 2 saturated heterocycles. The summed E-state index contributed by atoms with van der Waals surface area (Å²) in [6, 6.07) is 9.98. The van der Waals surface area contributed by atoms with Gasteiger partial charge < -0.3 is 19.6 Å². The van der Waals surface area contributed by atoms with E-state index in [-0.39, 0.29) is 29.0 Å². The van der Waals surface area contributed by atoms with Crippen LogP contribution in [0.5, 0.6) is 0 Å². The number of ether oxygens (including phenoxy) is 1. The van der Waals surface area contributed by atoms with Crippen LogP contribution < -0.4 is 0 Å². The van der Waals surface area contributed by atoms with Crippen molar-refractivity contribution in [3.8, 4) is 0 Å². The molecule has 0 aromatic heterocycles. The molecule has 2 aromatic rings. The smallest absolute Gasteiger partial charge is 0.430 e. The minimum absolute atomic E-state index is 0.0593. The third-order valence-corrected chi connectivity index (χ3v) is 8.89. The van der Waals surface area contributed by atoms with Gasteiger partial charge in [-0.3, -0.25) is 9.00 Å². The van der Waals surface area contributed by atoms with Crippen LogP contribution in [0.1, 0.15) is 31.7 Å². The highest BCUT2D eigenvalue weighted by Crippen LogP contribution is 2.49. The second-order valence-electron chi connectivity index (χ2n) is 9.98. The second kappa shape index (κ2) is 14.1. The fraction of sp³-hybridized carbons (Fsp3) is 0.500. The van der Waals surface area contributed by atoms with Gasteiger partial charge in [-0.05, 0) is 50.5 Å². The van der Waals surface area contributed by atoms with Crippen molar-refractivity contribution in [2.75, 3.05) is 32.8 Å². The molecule has 2 aliphatic heterocycles. The maximum atomic E-state index is 13.0.